The lowest BCUT2D eigenvalue weighted by Crippen LogP contribution is -2.43. The van der Waals surface area contributed by atoms with Crippen molar-refractivity contribution in [2.75, 3.05) is 40.0 Å². The quantitative estimate of drug-likeness (QED) is 0.582. The molecule has 1 N–H and O–H groups in total. The molecule has 1 aromatic heterocycles. The van der Waals surface area contributed by atoms with Gasteiger partial charge in [0.1, 0.15) is 5.75 Å². The third-order valence-corrected chi connectivity index (χ3v) is 6.30. The Labute approximate surface area is 180 Å². The van der Waals surface area contributed by atoms with Crippen molar-refractivity contribution in [3.05, 3.63) is 70.4 Å². The molecule has 3 aromatic rings. The highest BCUT2D eigenvalue weighted by molar-refractivity contribution is 7.10. The first-order chi connectivity index (χ1) is 14.7. The molecule has 1 atom stereocenters. The van der Waals surface area contributed by atoms with Crippen molar-refractivity contribution in [2.45, 2.75) is 6.04 Å². The van der Waals surface area contributed by atoms with Crippen LogP contribution in [-0.4, -0.2) is 50.8 Å². The van der Waals surface area contributed by atoms with Gasteiger partial charge in [0, 0.05) is 30.6 Å². The minimum absolute atomic E-state index is 0.0837. The largest absolute Gasteiger partial charge is 0.497 e. The molecule has 1 aliphatic heterocycles. The number of morpholine rings is 1. The summed E-state index contributed by atoms with van der Waals surface area (Å²) in [6.45, 7) is 3.83. The molecule has 6 heteroatoms. The van der Waals surface area contributed by atoms with Crippen LogP contribution in [-0.2, 0) is 9.53 Å². The fraction of sp³-hybridized carbons (Fsp3) is 0.292. The zero-order valence-electron chi connectivity index (χ0n) is 17.0. The van der Waals surface area contributed by atoms with Crippen molar-refractivity contribution in [3.63, 3.8) is 0 Å². The van der Waals surface area contributed by atoms with Crippen molar-refractivity contribution in [1.82, 2.24) is 10.2 Å². The van der Waals surface area contributed by atoms with E-state index < -0.39 is 0 Å². The Morgan fingerprint density at radius 2 is 2.00 bits per heavy atom. The van der Waals surface area contributed by atoms with E-state index in [1.54, 1.807) is 24.5 Å². The number of fused-ring (bicyclic) bond motifs is 1. The van der Waals surface area contributed by atoms with Crippen LogP contribution in [0.1, 0.15) is 16.5 Å². The minimum Gasteiger partial charge on any atom is -0.497 e. The molecular formula is C24H26N2O3S. The molecule has 30 heavy (non-hydrogen) atoms. The monoisotopic (exact) mass is 422 g/mol. The van der Waals surface area contributed by atoms with Crippen molar-refractivity contribution < 1.29 is 14.3 Å². The average molecular weight is 423 g/mol. The first-order valence-corrected chi connectivity index (χ1v) is 11.0. The van der Waals surface area contributed by atoms with Crippen LogP contribution in [0.15, 0.2) is 60.0 Å². The molecule has 1 unspecified atom stereocenters. The fourth-order valence-electron chi connectivity index (χ4n) is 3.68. The standard InChI is InChI=1S/C24H26N2O3S/c1-28-21-8-7-19-15-18(4-6-20(19)16-21)5-9-24(27)25-17-22(23-3-2-14-30-23)26-10-12-29-13-11-26/h2-9,14-16,22H,10-13,17H2,1H3,(H,25,27)/b9-5+. The Morgan fingerprint density at radius 1 is 1.20 bits per heavy atom. The number of carbonyl (C=O) groups is 1. The van der Waals surface area contributed by atoms with Gasteiger partial charge in [-0.05, 0) is 52.1 Å². The van der Waals surface area contributed by atoms with E-state index in [0.717, 1.165) is 48.4 Å². The summed E-state index contributed by atoms with van der Waals surface area (Å²) in [6.07, 6.45) is 3.46. The number of methoxy groups -OCH3 is 1. The van der Waals surface area contributed by atoms with Gasteiger partial charge in [-0.25, -0.2) is 0 Å². The van der Waals surface area contributed by atoms with E-state index in [-0.39, 0.29) is 11.9 Å². The van der Waals surface area contributed by atoms with E-state index in [0.29, 0.717) is 6.54 Å². The van der Waals surface area contributed by atoms with Crippen molar-refractivity contribution in [3.8, 4) is 5.75 Å². The van der Waals surface area contributed by atoms with E-state index >= 15 is 0 Å². The fourth-order valence-corrected chi connectivity index (χ4v) is 4.54. The van der Waals surface area contributed by atoms with Gasteiger partial charge in [0.25, 0.3) is 0 Å². The second-order valence-corrected chi connectivity index (χ2v) is 8.21. The van der Waals surface area contributed by atoms with Gasteiger partial charge >= 0.3 is 0 Å². The topological polar surface area (TPSA) is 50.8 Å². The smallest absolute Gasteiger partial charge is 0.244 e. The number of rotatable bonds is 7. The summed E-state index contributed by atoms with van der Waals surface area (Å²) < 4.78 is 10.8. The van der Waals surface area contributed by atoms with Crippen molar-refractivity contribution in [2.24, 2.45) is 0 Å². The van der Waals surface area contributed by atoms with Gasteiger partial charge in [-0.3, -0.25) is 9.69 Å². The molecule has 0 spiro atoms. The lowest BCUT2D eigenvalue weighted by Gasteiger charge is -2.34. The predicted molar refractivity (Wildman–Crippen MR) is 122 cm³/mol. The van der Waals surface area contributed by atoms with Gasteiger partial charge in [0.2, 0.25) is 5.91 Å². The number of carbonyl (C=O) groups excluding carboxylic acids is 1. The zero-order valence-corrected chi connectivity index (χ0v) is 17.9. The van der Waals surface area contributed by atoms with Crippen molar-refractivity contribution >= 4 is 34.1 Å². The van der Waals surface area contributed by atoms with Crippen LogP contribution >= 0.6 is 11.3 Å². The van der Waals surface area contributed by atoms with Crippen LogP contribution in [0, 0.1) is 0 Å². The summed E-state index contributed by atoms with van der Waals surface area (Å²) in [5, 5.41) is 7.38. The van der Waals surface area contributed by atoms with E-state index in [1.807, 2.05) is 36.4 Å². The second-order valence-electron chi connectivity index (χ2n) is 7.23. The van der Waals surface area contributed by atoms with Crippen LogP contribution in [0.3, 0.4) is 0 Å². The number of benzene rings is 2. The summed E-state index contributed by atoms with van der Waals surface area (Å²) in [7, 11) is 1.67. The first kappa shape index (κ1) is 20.6. The summed E-state index contributed by atoms with van der Waals surface area (Å²) in [6, 6.07) is 16.5. The molecule has 0 saturated carbocycles. The van der Waals surface area contributed by atoms with Gasteiger partial charge in [-0.1, -0.05) is 24.3 Å². The highest BCUT2D eigenvalue weighted by Crippen LogP contribution is 2.25. The minimum atomic E-state index is -0.0837. The SMILES string of the molecule is COc1ccc2cc(/C=C/C(=O)NCC(c3cccs3)N3CCOCC3)ccc2c1. The maximum Gasteiger partial charge on any atom is 0.244 e. The molecule has 156 valence electrons. The second kappa shape index (κ2) is 9.89. The van der Waals surface area contributed by atoms with Gasteiger partial charge in [-0.2, -0.15) is 0 Å². The van der Waals surface area contributed by atoms with E-state index in [1.165, 1.54) is 4.88 Å². The Balaban J connectivity index is 1.39. The summed E-state index contributed by atoms with van der Waals surface area (Å²) in [4.78, 5) is 16.1. The Bertz CT molecular complexity index is 1010. The molecule has 1 aliphatic rings. The highest BCUT2D eigenvalue weighted by Gasteiger charge is 2.23. The number of amides is 1. The van der Waals surface area contributed by atoms with Crippen LogP contribution in [0.25, 0.3) is 16.8 Å². The van der Waals surface area contributed by atoms with E-state index in [4.69, 9.17) is 9.47 Å². The van der Waals surface area contributed by atoms with Gasteiger partial charge in [-0.15, -0.1) is 11.3 Å². The molecule has 2 aromatic carbocycles. The Morgan fingerprint density at radius 3 is 2.77 bits per heavy atom. The van der Waals surface area contributed by atoms with E-state index in [2.05, 4.69) is 33.8 Å². The van der Waals surface area contributed by atoms with Gasteiger partial charge in [0.05, 0.1) is 26.4 Å². The first-order valence-electron chi connectivity index (χ1n) is 10.1. The van der Waals surface area contributed by atoms with Crippen LogP contribution in [0.4, 0.5) is 0 Å². The molecule has 4 rings (SSSR count). The zero-order chi connectivity index (χ0) is 20.8. The molecule has 1 saturated heterocycles. The summed E-state index contributed by atoms with van der Waals surface area (Å²) >= 11 is 1.73. The molecule has 0 bridgehead atoms. The van der Waals surface area contributed by atoms with Crippen LogP contribution in [0.2, 0.25) is 0 Å². The maximum absolute atomic E-state index is 12.5. The Hall–Kier alpha value is -2.67. The van der Waals surface area contributed by atoms with Gasteiger partial charge < -0.3 is 14.8 Å². The molecule has 2 heterocycles. The summed E-state index contributed by atoms with van der Waals surface area (Å²) in [5.74, 6) is 0.755. The normalized spacial score (nSPS) is 16.0. The molecule has 0 radical (unpaired) electrons. The maximum atomic E-state index is 12.5. The number of nitrogens with zero attached hydrogens (tertiary/aromatic N) is 1. The lowest BCUT2D eigenvalue weighted by molar-refractivity contribution is -0.116. The van der Waals surface area contributed by atoms with Crippen molar-refractivity contribution in [1.29, 1.82) is 0 Å². The van der Waals surface area contributed by atoms with E-state index in [9.17, 15) is 4.79 Å². The van der Waals surface area contributed by atoms with Crippen LogP contribution < -0.4 is 10.1 Å². The van der Waals surface area contributed by atoms with Crippen LogP contribution in [0.5, 0.6) is 5.75 Å². The summed E-state index contributed by atoms with van der Waals surface area (Å²) in [5.41, 5.74) is 0.991. The number of hydrogen-bond donors (Lipinski definition) is 1. The molecular weight excluding hydrogens is 396 g/mol. The average Bonchev–Trinajstić information content (AvgIpc) is 3.32. The predicted octanol–water partition coefficient (Wildman–Crippen LogP) is 4.11. The number of hydrogen-bond acceptors (Lipinski definition) is 5. The highest BCUT2D eigenvalue weighted by atomic mass is 32.1. The Kier molecular flexibility index (Phi) is 6.79. The number of thiophene rings is 1. The number of ether oxygens (including phenoxy) is 2. The third kappa shape index (κ3) is 5.08. The molecule has 1 amide bonds. The third-order valence-electron chi connectivity index (χ3n) is 5.33. The van der Waals surface area contributed by atoms with Gasteiger partial charge in [0.15, 0.2) is 0 Å². The molecule has 0 aliphatic carbocycles. The number of nitrogens with one attached hydrogen (secondary N) is 1. The molecule has 5 nitrogen and oxygen atoms in total. The molecule has 1 fully saturated rings. The lowest BCUT2D eigenvalue weighted by atomic mass is 10.1.